The summed E-state index contributed by atoms with van der Waals surface area (Å²) in [6.07, 6.45) is 0. The van der Waals surface area contributed by atoms with Gasteiger partial charge in [-0.15, -0.1) is 0 Å². The third-order valence-corrected chi connectivity index (χ3v) is 2.25. The predicted molar refractivity (Wildman–Crippen MR) is 44.7 cm³/mol. The molecule has 0 bridgehead atoms. The van der Waals surface area contributed by atoms with Crippen LogP contribution in [0.15, 0.2) is 5.10 Å². The smallest absolute Gasteiger partial charge is 0.172 e. The van der Waals surface area contributed by atoms with Crippen molar-refractivity contribution in [3.63, 3.8) is 0 Å². The summed E-state index contributed by atoms with van der Waals surface area (Å²) in [4.78, 5) is 11.0. The normalized spacial score (nSPS) is 25.3. The Balaban J connectivity index is 0.00000121. The first kappa shape index (κ1) is 12.2. The van der Waals surface area contributed by atoms with Crippen LogP contribution in [0.1, 0.15) is 27.7 Å². The fourth-order valence-corrected chi connectivity index (χ4v) is 1.07. The summed E-state index contributed by atoms with van der Waals surface area (Å²) in [6.45, 7) is 7.48. The zero-order valence-electron chi connectivity index (χ0n) is 7.96. The number of hydrogen-bond acceptors (Lipinski definition) is 2. The first-order valence-corrected chi connectivity index (χ1v) is 3.76. The molecule has 12 heavy (non-hydrogen) atoms. The van der Waals surface area contributed by atoms with Crippen molar-refractivity contribution in [2.24, 2.45) is 11.0 Å². The van der Waals surface area contributed by atoms with Crippen LogP contribution in [0.4, 0.5) is 0 Å². The molecule has 0 saturated carbocycles. The molecule has 1 heterocycles. The Morgan fingerprint density at radius 3 is 2.25 bits per heavy atom. The number of carbonyl (C=O) groups is 1. The molecule has 1 aliphatic rings. The topological polar surface area (TPSA) is 43.5 Å². The van der Waals surface area contributed by atoms with Crippen molar-refractivity contribution in [3.8, 4) is 0 Å². The molecule has 3 nitrogen and oxygen atoms in total. The molecular weight excluding hydrogens is 229 g/mol. The maximum absolute atomic E-state index is 11.0. The van der Waals surface area contributed by atoms with Gasteiger partial charge in [-0.05, 0) is 5.92 Å². The van der Waals surface area contributed by atoms with Gasteiger partial charge in [0.25, 0.3) is 0 Å². The molecule has 1 unspecified atom stereocenters. The Bertz CT molecular complexity index is 223. The molecule has 0 spiro atoms. The van der Waals surface area contributed by atoms with Gasteiger partial charge in [0.05, 0.1) is 5.71 Å². The van der Waals surface area contributed by atoms with Crippen LogP contribution in [-0.4, -0.2) is 17.0 Å². The molecule has 4 heteroatoms. The fraction of sp³-hybridized carbons (Fsp3) is 0.750. The molecular formula is C8H13N2OY-. The van der Waals surface area contributed by atoms with Gasteiger partial charge < -0.3 is 10.5 Å². The van der Waals surface area contributed by atoms with Crippen molar-refractivity contribution < 1.29 is 37.5 Å². The van der Waals surface area contributed by atoms with Crippen molar-refractivity contribution in [1.82, 2.24) is 0 Å². The van der Waals surface area contributed by atoms with E-state index in [2.05, 4.69) is 10.5 Å². The molecule has 1 aliphatic heterocycles. The quantitative estimate of drug-likeness (QED) is 0.690. The first-order chi connectivity index (χ1) is 4.95. The fourth-order valence-electron chi connectivity index (χ4n) is 1.07. The van der Waals surface area contributed by atoms with E-state index >= 15 is 0 Å². The Morgan fingerprint density at radius 1 is 1.58 bits per heavy atom. The van der Waals surface area contributed by atoms with Gasteiger partial charge in [-0.1, -0.05) is 26.3 Å². The van der Waals surface area contributed by atoms with Gasteiger partial charge >= 0.3 is 0 Å². The number of nitrogens with zero attached hydrogens (tertiary/aromatic N) is 2. The van der Waals surface area contributed by atoms with Crippen molar-refractivity contribution >= 4 is 11.5 Å². The number of carbonyl (C=O) groups excluding carboxylic acids is 1. The molecule has 0 N–H and O–H groups in total. The number of hydrogen-bond donors (Lipinski definition) is 0. The van der Waals surface area contributed by atoms with E-state index in [1.54, 1.807) is 0 Å². The molecule has 0 fully saturated rings. The maximum Gasteiger partial charge on any atom is 0.172 e. The van der Waals surface area contributed by atoms with Crippen LogP contribution in [0.2, 0.25) is 0 Å². The summed E-state index contributed by atoms with van der Waals surface area (Å²) < 4.78 is 0. The van der Waals surface area contributed by atoms with Gasteiger partial charge in [-0.25, -0.2) is 0 Å². The summed E-state index contributed by atoms with van der Waals surface area (Å²) in [5.41, 5.74) is 4.43. The Hall–Kier alpha value is 0.244. The SMILES string of the molecule is CC(=O)C1=N[N-]C(C)(C)C1C.[Y]. The average Bonchev–Trinajstić information content (AvgIpc) is 2.09. The number of ketones is 1. The zero-order chi connectivity index (χ0) is 8.65. The molecule has 65 valence electrons. The van der Waals surface area contributed by atoms with E-state index in [9.17, 15) is 4.79 Å². The van der Waals surface area contributed by atoms with Gasteiger partial charge in [-0.3, -0.25) is 4.79 Å². The van der Waals surface area contributed by atoms with E-state index in [1.165, 1.54) is 6.92 Å². The number of Topliss-reactive ketones (excluding diaryl/α,β-unsaturated/α-hetero) is 1. The van der Waals surface area contributed by atoms with E-state index in [0.29, 0.717) is 5.71 Å². The van der Waals surface area contributed by atoms with Crippen LogP contribution in [0.25, 0.3) is 5.43 Å². The Kier molecular flexibility index (Phi) is 4.05. The largest absolute Gasteiger partial charge is 0.596 e. The van der Waals surface area contributed by atoms with Crippen molar-refractivity contribution in [3.05, 3.63) is 5.43 Å². The average molecular weight is 242 g/mol. The summed E-state index contributed by atoms with van der Waals surface area (Å²) in [6, 6.07) is 0. The van der Waals surface area contributed by atoms with Crippen LogP contribution in [0.3, 0.4) is 0 Å². The molecule has 0 saturated heterocycles. The van der Waals surface area contributed by atoms with Crippen molar-refractivity contribution in [2.45, 2.75) is 33.2 Å². The monoisotopic (exact) mass is 242 g/mol. The van der Waals surface area contributed by atoms with Gasteiger partial charge in [0, 0.05) is 39.6 Å². The van der Waals surface area contributed by atoms with E-state index in [-0.39, 0.29) is 49.9 Å². The summed E-state index contributed by atoms with van der Waals surface area (Å²) in [7, 11) is 0. The zero-order valence-corrected chi connectivity index (χ0v) is 10.8. The molecule has 1 radical (unpaired) electrons. The van der Waals surface area contributed by atoms with Crippen molar-refractivity contribution in [2.75, 3.05) is 0 Å². The Labute approximate surface area is 98.2 Å². The summed E-state index contributed by atoms with van der Waals surface area (Å²) in [5, 5.41) is 3.86. The van der Waals surface area contributed by atoms with Crippen LogP contribution < -0.4 is 0 Å². The Morgan fingerprint density at radius 2 is 2.08 bits per heavy atom. The van der Waals surface area contributed by atoms with E-state index in [1.807, 2.05) is 20.8 Å². The van der Waals surface area contributed by atoms with Crippen molar-refractivity contribution in [1.29, 1.82) is 0 Å². The second-order valence-corrected chi connectivity index (χ2v) is 3.52. The van der Waals surface area contributed by atoms with Crippen LogP contribution >= 0.6 is 0 Å². The van der Waals surface area contributed by atoms with Gasteiger partial charge in [0.15, 0.2) is 5.78 Å². The third kappa shape index (κ3) is 2.14. The van der Waals surface area contributed by atoms with E-state index in [0.717, 1.165) is 0 Å². The molecule has 0 aliphatic carbocycles. The standard InChI is InChI=1S/C8H14N2O.Y/c1-5-7(6(2)11)9-10-8(5,3)4;/h5H,1-4H3,(H,10,11);/p-1. The maximum atomic E-state index is 11.0. The number of rotatable bonds is 1. The summed E-state index contributed by atoms with van der Waals surface area (Å²) >= 11 is 0. The van der Waals surface area contributed by atoms with Gasteiger partial charge in [-0.2, -0.15) is 0 Å². The molecule has 0 aromatic carbocycles. The second kappa shape index (κ2) is 3.97. The van der Waals surface area contributed by atoms with E-state index < -0.39 is 0 Å². The molecule has 1 atom stereocenters. The van der Waals surface area contributed by atoms with Crippen LogP contribution in [0, 0.1) is 5.92 Å². The minimum absolute atomic E-state index is 0. The minimum Gasteiger partial charge on any atom is -0.596 e. The second-order valence-electron chi connectivity index (χ2n) is 3.52. The third-order valence-electron chi connectivity index (χ3n) is 2.25. The predicted octanol–water partition coefficient (Wildman–Crippen LogP) is 1.73. The molecule has 0 amide bonds. The molecule has 1 rings (SSSR count). The van der Waals surface area contributed by atoms with E-state index in [4.69, 9.17) is 0 Å². The summed E-state index contributed by atoms with van der Waals surface area (Å²) in [5.74, 6) is 0.187. The first-order valence-electron chi connectivity index (χ1n) is 3.76. The van der Waals surface area contributed by atoms with Gasteiger partial charge in [0.2, 0.25) is 0 Å². The molecule has 0 aromatic rings. The van der Waals surface area contributed by atoms with Crippen LogP contribution in [-0.2, 0) is 37.5 Å². The van der Waals surface area contributed by atoms with Gasteiger partial charge in [0.1, 0.15) is 0 Å². The van der Waals surface area contributed by atoms with Crippen LogP contribution in [0.5, 0.6) is 0 Å². The minimum atomic E-state index is -0.193. The molecule has 0 aromatic heterocycles.